The third-order valence-corrected chi connectivity index (χ3v) is 6.55. The molecule has 0 aliphatic carbocycles. The smallest absolute Gasteiger partial charge is 0.318 e. The van der Waals surface area contributed by atoms with Crippen LogP contribution in [0.1, 0.15) is 31.0 Å². The van der Waals surface area contributed by atoms with Gasteiger partial charge in [0.05, 0.1) is 11.7 Å². The number of anilines is 1. The molecule has 10 nitrogen and oxygen atoms in total. The summed E-state index contributed by atoms with van der Waals surface area (Å²) < 4.78 is 6.05. The number of nitrogens with one attached hydrogen (secondary N) is 2. The van der Waals surface area contributed by atoms with E-state index in [9.17, 15) is 9.59 Å². The molecule has 3 aliphatic heterocycles. The van der Waals surface area contributed by atoms with Crippen LogP contribution in [0, 0.1) is 0 Å². The molecule has 2 N–H and O–H groups in total. The zero-order valence-corrected chi connectivity index (χ0v) is 19.0. The number of likely N-dealkylation sites (N-methyl/N-ethyl adjacent to an activating group) is 1. The topological polar surface area (TPSA) is 103 Å². The van der Waals surface area contributed by atoms with Gasteiger partial charge >= 0.3 is 6.01 Å². The maximum absolute atomic E-state index is 12.4. The zero-order valence-electron chi connectivity index (χ0n) is 19.0. The van der Waals surface area contributed by atoms with E-state index >= 15 is 0 Å². The van der Waals surface area contributed by atoms with Crippen molar-refractivity contribution in [2.75, 3.05) is 51.3 Å². The number of carbonyl (C=O) groups excluding carboxylic acids is 2. The fraction of sp³-hybridized carbons (Fsp3) is 0.636. The summed E-state index contributed by atoms with van der Waals surface area (Å²) in [6, 6.07) is 0.629. The molecule has 1 aromatic rings. The molecule has 2 fully saturated rings. The van der Waals surface area contributed by atoms with Gasteiger partial charge in [-0.2, -0.15) is 9.97 Å². The van der Waals surface area contributed by atoms with E-state index in [1.807, 2.05) is 0 Å². The van der Waals surface area contributed by atoms with Crippen molar-refractivity contribution in [2.45, 2.75) is 44.9 Å². The van der Waals surface area contributed by atoms with E-state index < -0.39 is 0 Å². The Balaban J connectivity index is 1.53. The third kappa shape index (κ3) is 4.86. The molecule has 1 aromatic heterocycles. The van der Waals surface area contributed by atoms with Gasteiger partial charge in [-0.25, -0.2) is 0 Å². The average Bonchev–Trinajstić information content (AvgIpc) is 3.43. The van der Waals surface area contributed by atoms with Gasteiger partial charge in [-0.05, 0) is 32.5 Å². The molecule has 0 spiro atoms. The van der Waals surface area contributed by atoms with E-state index in [0.29, 0.717) is 57.9 Å². The highest BCUT2D eigenvalue weighted by Gasteiger charge is 2.33. The number of rotatable bonds is 7. The maximum Gasteiger partial charge on any atom is 0.318 e. The standard InChI is InChI=1S/C22H33N7O3/c1-4-20(31)29-9-8-28(13-17(29)10-24-15(2)30)21-18-11-23-12-19(18)25-22(26-21)32-14-16-6-5-7-27(16)3/h4,16-17,23H,1,5-14H2,2-3H3,(H,24,30)/t16-,17-/m0/s1. The molecular weight excluding hydrogens is 410 g/mol. The molecule has 0 aromatic carbocycles. The van der Waals surface area contributed by atoms with Crippen molar-refractivity contribution < 1.29 is 14.3 Å². The lowest BCUT2D eigenvalue weighted by molar-refractivity contribution is -0.129. The van der Waals surface area contributed by atoms with Crippen LogP contribution in [0.4, 0.5) is 5.82 Å². The van der Waals surface area contributed by atoms with Crippen LogP contribution in [0.25, 0.3) is 0 Å². The van der Waals surface area contributed by atoms with Crippen LogP contribution >= 0.6 is 0 Å². The summed E-state index contributed by atoms with van der Waals surface area (Å²) in [6.45, 7) is 10.3. The fourth-order valence-corrected chi connectivity index (χ4v) is 4.71. The second-order valence-corrected chi connectivity index (χ2v) is 8.72. The van der Waals surface area contributed by atoms with Gasteiger partial charge < -0.3 is 30.1 Å². The lowest BCUT2D eigenvalue weighted by Gasteiger charge is -2.42. The highest BCUT2D eigenvalue weighted by Crippen LogP contribution is 2.29. The molecule has 2 saturated heterocycles. The quantitative estimate of drug-likeness (QED) is 0.563. The minimum Gasteiger partial charge on any atom is -0.462 e. The van der Waals surface area contributed by atoms with E-state index in [1.165, 1.54) is 19.4 Å². The van der Waals surface area contributed by atoms with Gasteiger partial charge in [0.1, 0.15) is 12.4 Å². The van der Waals surface area contributed by atoms with Crippen LogP contribution in [0.3, 0.4) is 0 Å². The van der Waals surface area contributed by atoms with Crippen molar-refractivity contribution in [1.29, 1.82) is 0 Å². The first-order valence-corrected chi connectivity index (χ1v) is 11.3. The molecule has 3 aliphatic rings. The van der Waals surface area contributed by atoms with Crippen LogP contribution in [-0.4, -0.2) is 90.0 Å². The predicted molar refractivity (Wildman–Crippen MR) is 120 cm³/mol. The minimum atomic E-state index is -0.172. The van der Waals surface area contributed by atoms with E-state index in [-0.39, 0.29) is 17.9 Å². The van der Waals surface area contributed by atoms with Gasteiger partial charge in [0.15, 0.2) is 0 Å². The van der Waals surface area contributed by atoms with E-state index in [2.05, 4.69) is 39.0 Å². The van der Waals surface area contributed by atoms with Crippen LogP contribution in [0.15, 0.2) is 12.7 Å². The van der Waals surface area contributed by atoms with Crippen LogP contribution in [-0.2, 0) is 22.7 Å². The van der Waals surface area contributed by atoms with Crippen molar-refractivity contribution in [3.63, 3.8) is 0 Å². The van der Waals surface area contributed by atoms with Gasteiger partial charge in [0.25, 0.3) is 0 Å². The molecule has 0 saturated carbocycles. The number of aromatic nitrogens is 2. The molecular formula is C22H33N7O3. The maximum atomic E-state index is 12.4. The van der Waals surface area contributed by atoms with Gasteiger partial charge in [-0.1, -0.05) is 6.58 Å². The number of hydrogen-bond acceptors (Lipinski definition) is 8. The summed E-state index contributed by atoms with van der Waals surface area (Å²) >= 11 is 0. The van der Waals surface area contributed by atoms with Crippen LogP contribution < -0.4 is 20.3 Å². The lowest BCUT2D eigenvalue weighted by Crippen LogP contribution is -2.58. The van der Waals surface area contributed by atoms with Crippen LogP contribution in [0.5, 0.6) is 6.01 Å². The molecule has 0 radical (unpaired) electrons. The summed E-state index contributed by atoms with van der Waals surface area (Å²) in [5, 5.41) is 6.21. The summed E-state index contributed by atoms with van der Waals surface area (Å²) in [5.41, 5.74) is 2.05. The minimum absolute atomic E-state index is 0.118. The Hall–Kier alpha value is -2.72. The number of nitrogens with zero attached hydrogens (tertiary/aromatic N) is 5. The lowest BCUT2D eigenvalue weighted by atomic mass is 10.1. The second kappa shape index (κ2) is 9.83. The molecule has 0 unspecified atom stereocenters. The average molecular weight is 444 g/mol. The number of piperazine rings is 1. The highest BCUT2D eigenvalue weighted by atomic mass is 16.5. The summed E-state index contributed by atoms with van der Waals surface area (Å²) in [6.07, 6.45) is 3.64. The monoisotopic (exact) mass is 443 g/mol. The van der Waals surface area contributed by atoms with Crippen molar-refractivity contribution in [3.05, 3.63) is 23.9 Å². The number of amides is 2. The predicted octanol–water partition coefficient (Wildman–Crippen LogP) is -0.108. The number of ether oxygens (including phenoxy) is 1. The summed E-state index contributed by atoms with van der Waals surface area (Å²) in [4.78, 5) is 39.6. The largest absolute Gasteiger partial charge is 0.462 e. The first-order chi connectivity index (χ1) is 15.5. The number of likely N-dealkylation sites (tertiary alicyclic amines) is 1. The van der Waals surface area contributed by atoms with Gasteiger partial charge in [0.2, 0.25) is 11.8 Å². The molecule has 32 heavy (non-hydrogen) atoms. The number of carbonyl (C=O) groups is 2. The highest BCUT2D eigenvalue weighted by molar-refractivity contribution is 5.87. The Kier molecular flexibility index (Phi) is 6.90. The van der Waals surface area contributed by atoms with Crippen molar-refractivity contribution in [2.24, 2.45) is 0 Å². The molecule has 4 heterocycles. The fourth-order valence-electron chi connectivity index (χ4n) is 4.71. The number of fused-ring (bicyclic) bond motifs is 1. The Labute approximate surface area is 189 Å². The Morgan fingerprint density at radius 2 is 2.09 bits per heavy atom. The van der Waals surface area contributed by atoms with Crippen molar-refractivity contribution >= 4 is 17.6 Å². The molecule has 0 bridgehead atoms. The Morgan fingerprint density at radius 3 is 2.81 bits per heavy atom. The first-order valence-electron chi connectivity index (χ1n) is 11.3. The normalized spacial score (nSPS) is 23.2. The van der Waals surface area contributed by atoms with Gasteiger partial charge in [-0.15, -0.1) is 0 Å². The Bertz CT molecular complexity index is 877. The molecule has 2 atom stereocenters. The van der Waals surface area contributed by atoms with E-state index in [1.54, 1.807) is 4.90 Å². The van der Waals surface area contributed by atoms with Gasteiger partial charge in [-0.3, -0.25) is 9.59 Å². The third-order valence-electron chi connectivity index (χ3n) is 6.55. The SMILES string of the molecule is C=CC(=O)N1CCN(c2nc(OC[C@@H]3CCCN3C)nc3c2CNC3)C[C@@H]1CNC(C)=O. The summed E-state index contributed by atoms with van der Waals surface area (Å²) in [5.74, 6) is 0.611. The molecule has 2 amide bonds. The van der Waals surface area contributed by atoms with E-state index in [4.69, 9.17) is 9.72 Å². The Morgan fingerprint density at radius 1 is 1.25 bits per heavy atom. The summed E-state index contributed by atoms with van der Waals surface area (Å²) in [7, 11) is 2.12. The first kappa shape index (κ1) is 22.5. The van der Waals surface area contributed by atoms with Crippen molar-refractivity contribution in [3.8, 4) is 6.01 Å². The van der Waals surface area contributed by atoms with Crippen LogP contribution in [0.2, 0.25) is 0 Å². The zero-order chi connectivity index (χ0) is 22.7. The second-order valence-electron chi connectivity index (χ2n) is 8.72. The molecule has 10 heteroatoms. The molecule has 174 valence electrons. The molecule has 4 rings (SSSR count). The van der Waals surface area contributed by atoms with Gasteiger partial charge in [0, 0.05) is 57.8 Å². The van der Waals surface area contributed by atoms with E-state index in [0.717, 1.165) is 30.0 Å². The number of hydrogen-bond donors (Lipinski definition) is 2. The van der Waals surface area contributed by atoms with Crippen molar-refractivity contribution in [1.82, 2.24) is 30.4 Å².